The predicted octanol–water partition coefficient (Wildman–Crippen LogP) is 7.46. The molecule has 1 N–H and O–H groups in total. The van der Waals surface area contributed by atoms with Gasteiger partial charge in [-0.25, -0.2) is 4.39 Å². The Morgan fingerprint density at radius 1 is 1.00 bits per heavy atom. The number of aryl methyl sites for hydroxylation is 2. The summed E-state index contributed by atoms with van der Waals surface area (Å²) in [6, 6.07) is 21.4. The lowest BCUT2D eigenvalue weighted by atomic mass is 9.97. The number of anilines is 1. The smallest absolute Gasteiger partial charge is 0.273 e. The minimum absolute atomic E-state index is 0.241. The first-order valence-electron chi connectivity index (χ1n) is 12.3. The fourth-order valence-electron chi connectivity index (χ4n) is 5.28. The van der Waals surface area contributed by atoms with Crippen molar-refractivity contribution in [3.8, 4) is 28.1 Å². The summed E-state index contributed by atoms with van der Waals surface area (Å²) >= 11 is 6.16. The Bertz CT molecular complexity index is 1620. The summed E-state index contributed by atoms with van der Waals surface area (Å²) in [5.41, 5.74) is 6.97. The molecule has 2 aromatic heterocycles. The predicted molar refractivity (Wildman–Crippen MR) is 145 cm³/mol. The Balaban J connectivity index is 1.59. The van der Waals surface area contributed by atoms with Gasteiger partial charge in [0.15, 0.2) is 0 Å². The SMILES string of the molecule is COc1cccc(NC(=O)c2c(-c3ccc(F)cc3)c3c4n(c(-c5ccc(Cl)cc5)cn24)CCCC3)c1. The zero-order valence-corrected chi connectivity index (χ0v) is 21.1. The molecule has 0 saturated heterocycles. The van der Waals surface area contributed by atoms with Crippen LogP contribution in [0.1, 0.15) is 28.9 Å². The van der Waals surface area contributed by atoms with Crippen molar-refractivity contribution in [1.82, 2.24) is 8.97 Å². The maximum atomic E-state index is 14.0. The first kappa shape index (κ1) is 23.4. The summed E-state index contributed by atoms with van der Waals surface area (Å²) in [6.07, 6.45) is 4.87. The number of amides is 1. The third kappa shape index (κ3) is 4.17. The van der Waals surface area contributed by atoms with E-state index in [1.54, 1.807) is 25.3 Å². The number of rotatable bonds is 5. The van der Waals surface area contributed by atoms with Crippen LogP contribution < -0.4 is 10.1 Å². The average Bonchev–Trinajstić information content (AvgIpc) is 3.32. The van der Waals surface area contributed by atoms with Gasteiger partial charge in [-0.2, -0.15) is 0 Å². The molecule has 5 nitrogen and oxygen atoms in total. The Morgan fingerprint density at radius 3 is 2.51 bits per heavy atom. The molecule has 186 valence electrons. The number of nitrogens with zero attached hydrogens (tertiary/aromatic N) is 2. The second kappa shape index (κ2) is 9.45. The zero-order chi connectivity index (χ0) is 25.5. The minimum atomic E-state index is -0.310. The number of nitrogens with one attached hydrogen (secondary N) is 1. The number of methoxy groups -OCH3 is 1. The molecular formula is C30H25ClFN3O2. The quantitative estimate of drug-likeness (QED) is 0.265. The normalized spacial score (nSPS) is 12.9. The molecule has 0 radical (unpaired) electrons. The second-order valence-electron chi connectivity index (χ2n) is 9.22. The highest BCUT2D eigenvalue weighted by Crippen LogP contribution is 2.40. The first-order valence-corrected chi connectivity index (χ1v) is 12.6. The summed E-state index contributed by atoms with van der Waals surface area (Å²) in [6.45, 7) is 0.839. The molecule has 7 heteroatoms. The Hall–Kier alpha value is -4.03. The number of carbonyl (C=O) groups excluding carboxylic acids is 1. The number of hydrogen-bond acceptors (Lipinski definition) is 2. The maximum Gasteiger partial charge on any atom is 0.273 e. The highest BCUT2D eigenvalue weighted by molar-refractivity contribution is 6.30. The molecule has 0 fully saturated rings. The van der Waals surface area contributed by atoms with E-state index in [0.29, 0.717) is 22.2 Å². The van der Waals surface area contributed by atoms with Crippen molar-refractivity contribution in [2.24, 2.45) is 0 Å². The number of aromatic nitrogens is 2. The Kier molecular flexibility index (Phi) is 5.97. The van der Waals surface area contributed by atoms with Crippen molar-refractivity contribution in [1.29, 1.82) is 0 Å². The molecule has 1 aliphatic rings. The van der Waals surface area contributed by atoms with E-state index in [4.69, 9.17) is 16.3 Å². The van der Waals surface area contributed by atoms with Gasteiger partial charge in [0.05, 0.1) is 12.8 Å². The van der Waals surface area contributed by atoms with E-state index in [1.807, 2.05) is 53.1 Å². The molecule has 0 atom stereocenters. The van der Waals surface area contributed by atoms with Crippen LogP contribution in [-0.4, -0.2) is 22.0 Å². The van der Waals surface area contributed by atoms with E-state index in [2.05, 4.69) is 9.88 Å². The van der Waals surface area contributed by atoms with E-state index in [0.717, 1.165) is 59.4 Å². The van der Waals surface area contributed by atoms with Crippen LogP contribution in [0.3, 0.4) is 0 Å². The van der Waals surface area contributed by atoms with E-state index in [-0.39, 0.29) is 11.7 Å². The zero-order valence-electron chi connectivity index (χ0n) is 20.3. The van der Waals surface area contributed by atoms with Gasteiger partial charge in [0.1, 0.15) is 22.9 Å². The van der Waals surface area contributed by atoms with E-state index in [9.17, 15) is 9.18 Å². The van der Waals surface area contributed by atoms with Crippen LogP contribution in [0.5, 0.6) is 5.75 Å². The molecule has 1 amide bonds. The van der Waals surface area contributed by atoms with Crippen molar-refractivity contribution in [3.05, 3.63) is 101 Å². The van der Waals surface area contributed by atoms with E-state index in [1.165, 1.54) is 12.1 Å². The van der Waals surface area contributed by atoms with Crippen LogP contribution in [0, 0.1) is 5.82 Å². The van der Waals surface area contributed by atoms with Crippen molar-refractivity contribution in [3.63, 3.8) is 0 Å². The van der Waals surface area contributed by atoms with Crippen LogP contribution in [0.4, 0.5) is 10.1 Å². The summed E-state index contributed by atoms with van der Waals surface area (Å²) in [7, 11) is 1.59. The highest BCUT2D eigenvalue weighted by Gasteiger charge is 2.29. The van der Waals surface area contributed by atoms with Crippen LogP contribution >= 0.6 is 11.6 Å². The molecule has 3 heterocycles. The van der Waals surface area contributed by atoms with Gasteiger partial charge < -0.3 is 14.6 Å². The second-order valence-corrected chi connectivity index (χ2v) is 9.66. The first-order chi connectivity index (χ1) is 18.0. The van der Waals surface area contributed by atoms with Crippen molar-refractivity contribution in [2.75, 3.05) is 12.4 Å². The van der Waals surface area contributed by atoms with Crippen molar-refractivity contribution in [2.45, 2.75) is 25.8 Å². The summed E-state index contributed by atoms with van der Waals surface area (Å²) in [5.74, 6) is 0.104. The summed E-state index contributed by atoms with van der Waals surface area (Å²) in [4.78, 5) is 14.0. The van der Waals surface area contributed by atoms with E-state index < -0.39 is 0 Å². The van der Waals surface area contributed by atoms with Crippen molar-refractivity contribution >= 4 is 28.8 Å². The number of halogens is 2. The molecule has 37 heavy (non-hydrogen) atoms. The molecular weight excluding hydrogens is 489 g/mol. The van der Waals surface area contributed by atoms with Crippen LogP contribution in [-0.2, 0) is 13.0 Å². The van der Waals surface area contributed by atoms with Gasteiger partial charge in [0.25, 0.3) is 5.91 Å². The number of benzene rings is 3. The molecule has 1 aliphatic heterocycles. The van der Waals surface area contributed by atoms with Gasteiger partial charge >= 0.3 is 0 Å². The van der Waals surface area contributed by atoms with Crippen molar-refractivity contribution < 1.29 is 13.9 Å². The molecule has 6 rings (SSSR count). The lowest BCUT2D eigenvalue weighted by molar-refractivity contribution is 0.102. The number of imidazole rings is 1. The maximum absolute atomic E-state index is 14.0. The molecule has 3 aromatic carbocycles. The van der Waals surface area contributed by atoms with E-state index >= 15 is 0 Å². The Morgan fingerprint density at radius 2 is 1.76 bits per heavy atom. The largest absolute Gasteiger partial charge is 0.497 e. The van der Waals surface area contributed by atoms with Crippen LogP contribution in [0.15, 0.2) is 79.0 Å². The van der Waals surface area contributed by atoms with Gasteiger partial charge in [-0.05, 0) is 66.8 Å². The lowest BCUT2D eigenvalue weighted by Gasteiger charge is -2.11. The third-order valence-electron chi connectivity index (χ3n) is 6.95. The van der Waals surface area contributed by atoms with Gasteiger partial charge in [-0.3, -0.25) is 9.20 Å². The number of hydrogen-bond donors (Lipinski definition) is 1. The summed E-state index contributed by atoms with van der Waals surface area (Å²) < 4.78 is 23.5. The molecule has 0 spiro atoms. The molecule has 5 aromatic rings. The third-order valence-corrected chi connectivity index (χ3v) is 7.20. The van der Waals surface area contributed by atoms with Crippen LogP contribution in [0.25, 0.3) is 28.0 Å². The fourth-order valence-corrected chi connectivity index (χ4v) is 5.40. The van der Waals surface area contributed by atoms with Crippen LogP contribution in [0.2, 0.25) is 5.02 Å². The van der Waals surface area contributed by atoms with Gasteiger partial charge in [-0.1, -0.05) is 41.9 Å². The average molecular weight is 514 g/mol. The monoisotopic (exact) mass is 513 g/mol. The number of carbonyl (C=O) groups is 1. The molecule has 0 saturated carbocycles. The fraction of sp³-hybridized carbons (Fsp3) is 0.167. The molecule has 0 bridgehead atoms. The topological polar surface area (TPSA) is 47.7 Å². The number of ether oxygens (including phenoxy) is 1. The van der Waals surface area contributed by atoms with Gasteiger partial charge in [-0.15, -0.1) is 0 Å². The lowest BCUT2D eigenvalue weighted by Crippen LogP contribution is -2.15. The highest BCUT2D eigenvalue weighted by atomic mass is 35.5. The van der Waals surface area contributed by atoms with Gasteiger partial charge in [0.2, 0.25) is 0 Å². The minimum Gasteiger partial charge on any atom is -0.497 e. The molecule has 0 aliphatic carbocycles. The van der Waals surface area contributed by atoms with Gasteiger partial charge in [0, 0.05) is 40.6 Å². The molecule has 0 unspecified atom stereocenters. The Labute approximate surface area is 219 Å². The standard InChI is InChI=1S/C30H25ClFN3O2/c1-37-24-6-4-5-23(17-24)33-29(36)28-27(20-10-14-22(32)15-11-20)25-7-2-3-16-34-26(18-35(28)30(25)34)19-8-12-21(31)13-9-19/h4-6,8-15,17-18H,2-3,7,16H2,1H3,(H,33,36). The summed E-state index contributed by atoms with van der Waals surface area (Å²) in [5, 5.41) is 3.73.